The third kappa shape index (κ3) is 2.88. The number of hydrogen-bond acceptors (Lipinski definition) is 6. The second-order valence-corrected chi connectivity index (χ2v) is 7.20. The quantitative estimate of drug-likeness (QED) is 0.844. The van der Waals surface area contributed by atoms with Gasteiger partial charge in [0.05, 0.1) is 24.2 Å². The first-order chi connectivity index (χ1) is 9.49. The van der Waals surface area contributed by atoms with E-state index < -0.39 is 27.1 Å². The summed E-state index contributed by atoms with van der Waals surface area (Å²) in [5.74, 6) is 0.164. The number of furan rings is 1. The topological polar surface area (TPSA) is 85.6 Å². The lowest BCUT2D eigenvalue weighted by Gasteiger charge is -2.28. The summed E-state index contributed by atoms with van der Waals surface area (Å²) in [6, 6.07) is 2.68. The molecule has 2 unspecified atom stereocenters. The molecule has 1 saturated heterocycles. The van der Waals surface area contributed by atoms with Gasteiger partial charge in [-0.05, 0) is 32.0 Å². The molecule has 112 valence electrons. The van der Waals surface area contributed by atoms with Crippen molar-refractivity contribution in [2.75, 3.05) is 19.9 Å². The molecule has 1 aromatic heterocycles. The number of methoxy groups -OCH3 is 1. The van der Waals surface area contributed by atoms with E-state index in [0.29, 0.717) is 18.6 Å². The van der Waals surface area contributed by atoms with Crippen LogP contribution in [-0.2, 0) is 14.6 Å². The maximum absolute atomic E-state index is 12.2. The van der Waals surface area contributed by atoms with Gasteiger partial charge in [-0.2, -0.15) is 0 Å². The van der Waals surface area contributed by atoms with E-state index in [1.54, 1.807) is 13.1 Å². The van der Waals surface area contributed by atoms with Gasteiger partial charge in [-0.1, -0.05) is 6.42 Å². The monoisotopic (exact) mass is 301 g/mol. The average molecular weight is 301 g/mol. The Balaban J connectivity index is 2.28. The second kappa shape index (κ2) is 5.97. The van der Waals surface area contributed by atoms with Crippen molar-refractivity contribution >= 4 is 15.8 Å². The molecule has 0 spiro atoms. The molecule has 0 saturated carbocycles. The Hall–Kier alpha value is -1.34. The first kappa shape index (κ1) is 15.1. The predicted octanol–water partition coefficient (Wildman–Crippen LogP) is 1.29. The maximum Gasteiger partial charge on any atom is 0.373 e. The maximum atomic E-state index is 12.2. The van der Waals surface area contributed by atoms with Crippen LogP contribution < -0.4 is 5.32 Å². The fourth-order valence-electron chi connectivity index (χ4n) is 2.60. The minimum atomic E-state index is -3.14. The Morgan fingerprint density at radius 1 is 1.45 bits per heavy atom. The normalized spacial score (nSPS) is 23.2. The minimum Gasteiger partial charge on any atom is -0.463 e. The molecule has 1 fully saturated rings. The van der Waals surface area contributed by atoms with E-state index in [4.69, 9.17) is 4.42 Å². The predicted molar refractivity (Wildman–Crippen MR) is 73.3 cm³/mol. The fraction of sp³-hybridized carbons (Fsp3) is 0.615. The van der Waals surface area contributed by atoms with Gasteiger partial charge in [0, 0.05) is 0 Å². The number of esters is 1. The Morgan fingerprint density at radius 2 is 2.20 bits per heavy atom. The van der Waals surface area contributed by atoms with Crippen LogP contribution in [0, 0.1) is 0 Å². The molecule has 1 N–H and O–H groups in total. The van der Waals surface area contributed by atoms with Crippen molar-refractivity contribution in [3.63, 3.8) is 0 Å². The van der Waals surface area contributed by atoms with Gasteiger partial charge in [-0.15, -0.1) is 0 Å². The number of carbonyl (C=O) groups excluding carboxylic acids is 1. The highest BCUT2D eigenvalue weighted by Crippen LogP contribution is 2.31. The molecule has 0 bridgehead atoms. The largest absolute Gasteiger partial charge is 0.463 e. The summed E-state index contributed by atoms with van der Waals surface area (Å²) in [4.78, 5) is 11.4. The van der Waals surface area contributed by atoms with Crippen LogP contribution in [-0.4, -0.2) is 39.5 Å². The third-order valence-corrected chi connectivity index (χ3v) is 5.92. The van der Waals surface area contributed by atoms with Gasteiger partial charge < -0.3 is 14.5 Å². The summed E-state index contributed by atoms with van der Waals surface area (Å²) in [5, 5.41) is 2.47. The van der Waals surface area contributed by atoms with E-state index in [2.05, 4.69) is 10.1 Å². The molecule has 1 aliphatic heterocycles. The minimum absolute atomic E-state index is 0.0796. The van der Waals surface area contributed by atoms with Crippen LogP contribution in [0.5, 0.6) is 0 Å². The van der Waals surface area contributed by atoms with Crippen molar-refractivity contribution in [1.29, 1.82) is 0 Å². The number of ether oxygens (including phenoxy) is 1. The highest BCUT2D eigenvalue weighted by Gasteiger charge is 2.37. The smallest absolute Gasteiger partial charge is 0.373 e. The zero-order valence-electron chi connectivity index (χ0n) is 11.6. The van der Waals surface area contributed by atoms with Crippen LogP contribution in [0.3, 0.4) is 0 Å². The fourth-order valence-corrected chi connectivity index (χ4v) is 4.72. The van der Waals surface area contributed by atoms with Crippen LogP contribution in [0.15, 0.2) is 16.5 Å². The lowest BCUT2D eigenvalue weighted by atomic mass is 10.1. The van der Waals surface area contributed by atoms with Crippen molar-refractivity contribution in [3.8, 4) is 0 Å². The van der Waals surface area contributed by atoms with Gasteiger partial charge in [-0.25, -0.2) is 13.2 Å². The zero-order valence-corrected chi connectivity index (χ0v) is 12.4. The molecule has 20 heavy (non-hydrogen) atoms. The van der Waals surface area contributed by atoms with Crippen molar-refractivity contribution < 1.29 is 22.4 Å². The molecule has 2 atom stereocenters. The first-order valence-corrected chi connectivity index (χ1v) is 8.28. The third-order valence-electron chi connectivity index (χ3n) is 3.63. The summed E-state index contributed by atoms with van der Waals surface area (Å²) >= 11 is 0. The van der Waals surface area contributed by atoms with Crippen LogP contribution in [0.4, 0.5) is 0 Å². The van der Waals surface area contributed by atoms with Gasteiger partial charge >= 0.3 is 5.97 Å². The number of rotatable bonds is 4. The molecule has 1 aliphatic rings. The van der Waals surface area contributed by atoms with E-state index in [1.165, 1.54) is 13.2 Å². The molecular weight excluding hydrogens is 282 g/mol. The molecule has 6 nitrogen and oxygen atoms in total. The molecule has 2 heterocycles. The highest BCUT2D eigenvalue weighted by atomic mass is 32.2. The van der Waals surface area contributed by atoms with Gasteiger partial charge in [-0.3, -0.25) is 0 Å². The molecular formula is C13H19NO5S. The van der Waals surface area contributed by atoms with Crippen molar-refractivity contribution in [1.82, 2.24) is 5.32 Å². The van der Waals surface area contributed by atoms with Crippen LogP contribution in [0.25, 0.3) is 0 Å². The standard InChI is InChI=1S/C13H19NO5S/c1-14-12(11-5-3-4-8-20(11,16)17)9-6-7-10(19-9)13(15)18-2/h6-7,11-12,14H,3-5,8H2,1-2H3. The Kier molecular flexibility index (Phi) is 4.49. The van der Waals surface area contributed by atoms with Crippen LogP contribution in [0.2, 0.25) is 0 Å². The SMILES string of the molecule is CNC(c1ccc(C(=O)OC)o1)C1CCCCS1(=O)=O. The van der Waals surface area contributed by atoms with E-state index in [0.717, 1.165) is 6.42 Å². The van der Waals surface area contributed by atoms with Gasteiger partial charge in [0.1, 0.15) is 5.76 Å². The Morgan fingerprint density at radius 3 is 2.80 bits per heavy atom. The molecule has 0 radical (unpaired) electrons. The summed E-state index contributed by atoms with van der Waals surface area (Å²) in [7, 11) is -0.179. The van der Waals surface area contributed by atoms with Crippen molar-refractivity contribution in [2.24, 2.45) is 0 Å². The second-order valence-electron chi connectivity index (χ2n) is 4.86. The lowest BCUT2D eigenvalue weighted by Crippen LogP contribution is -2.39. The van der Waals surface area contributed by atoms with Gasteiger partial charge in [0.25, 0.3) is 0 Å². The van der Waals surface area contributed by atoms with E-state index in [1.807, 2.05) is 0 Å². The molecule has 0 amide bonds. The number of sulfone groups is 1. The molecule has 1 aromatic rings. The molecule has 0 aromatic carbocycles. The van der Waals surface area contributed by atoms with E-state index >= 15 is 0 Å². The van der Waals surface area contributed by atoms with Crippen LogP contribution >= 0.6 is 0 Å². The number of hydrogen-bond donors (Lipinski definition) is 1. The molecule has 7 heteroatoms. The van der Waals surface area contributed by atoms with E-state index in [-0.39, 0.29) is 11.5 Å². The number of carbonyl (C=O) groups is 1. The summed E-state index contributed by atoms with van der Waals surface area (Å²) in [6.07, 6.45) is 2.19. The van der Waals surface area contributed by atoms with Gasteiger partial charge in [0.15, 0.2) is 9.84 Å². The van der Waals surface area contributed by atoms with E-state index in [9.17, 15) is 13.2 Å². The zero-order chi connectivity index (χ0) is 14.8. The summed E-state index contributed by atoms with van der Waals surface area (Å²) < 4.78 is 34.4. The summed E-state index contributed by atoms with van der Waals surface area (Å²) in [6.45, 7) is 0. The summed E-state index contributed by atoms with van der Waals surface area (Å²) in [5.41, 5.74) is 0. The van der Waals surface area contributed by atoms with Crippen molar-refractivity contribution in [3.05, 3.63) is 23.7 Å². The average Bonchev–Trinajstić information content (AvgIpc) is 2.90. The number of nitrogens with one attached hydrogen (secondary N) is 1. The molecule has 2 rings (SSSR count). The Labute approximate surface area is 118 Å². The first-order valence-electron chi connectivity index (χ1n) is 6.56. The lowest BCUT2D eigenvalue weighted by molar-refractivity contribution is 0.0562. The highest BCUT2D eigenvalue weighted by molar-refractivity contribution is 7.92. The Bertz CT molecular complexity index is 577. The van der Waals surface area contributed by atoms with Gasteiger partial charge in [0.2, 0.25) is 5.76 Å². The van der Waals surface area contributed by atoms with Crippen LogP contribution in [0.1, 0.15) is 41.6 Å². The molecule has 0 aliphatic carbocycles. The van der Waals surface area contributed by atoms with Crippen molar-refractivity contribution in [2.45, 2.75) is 30.6 Å².